The summed E-state index contributed by atoms with van der Waals surface area (Å²) < 4.78 is 10.6. The van der Waals surface area contributed by atoms with Crippen LogP contribution in [0, 0.1) is 0 Å². The Hall–Kier alpha value is -2.73. The van der Waals surface area contributed by atoms with Crippen LogP contribution < -0.4 is 9.47 Å². The van der Waals surface area contributed by atoms with E-state index < -0.39 is 11.4 Å². The monoisotopic (exact) mass is 387 g/mol. The topological polar surface area (TPSA) is 76.1 Å². The molecule has 2 aliphatic heterocycles. The van der Waals surface area contributed by atoms with E-state index in [0.29, 0.717) is 48.0 Å². The number of carboxylic acids is 1. The summed E-state index contributed by atoms with van der Waals surface area (Å²) in [6.45, 7) is 0.785. The molecule has 1 amide bonds. The maximum absolute atomic E-state index is 12.9. The van der Waals surface area contributed by atoms with Crippen LogP contribution in [0.4, 0.5) is 0 Å². The molecule has 2 aromatic carbocycles. The van der Waals surface area contributed by atoms with Gasteiger partial charge in [-0.15, -0.1) is 0 Å². The van der Waals surface area contributed by atoms with Crippen molar-refractivity contribution in [2.45, 2.75) is 18.3 Å². The SMILES string of the molecule is O=C(c1cc(Cl)c2c(c1)OCO2)N1CCC(C(=O)O)(c2ccccc2)CC1. The highest BCUT2D eigenvalue weighted by Crippen LogP contribution is 2.41. The lowest BCUT2D eigenvalue weighted by molar-refractivity contribution is -0.145. The van der Waals surface area contributed by atoms with Gasteiger partial charge in [0.25, 0.3) is 5.91 Å². The van der Waals surface area contributed by atoms with Crippen molar-refractivity contribution in [3.8, 4) is 11.5 Å². The summed E-state index contributed by atoms with van der Waals surface area (Å²) in [6, 6.07) is 12.4. The molecule has 140 valence electrons. The lowest BCUT2D eigenvalue weighted by Crippen LogP contribution is -2.49. The van der Waals surface area contributed by atoms with Crippen LogP contribution in [0.15, 0.2) is 42.5 Å². The van der Waals surface area contributed by atoms with Gasteiger partial charge in [0.05, 0.1) is 10.4 Å². The molecule has 2 aromatic rings. The fourth-order valence-electron chi connectivity index (χ4n) is 3.75. The van der Waals surface area contributed by atoms with E-state index in [1.807, 2.05) is 30.3 Å². The summed E-state index contributed by atoms with van der Waals surface area (Å²) in [5.41, 5.74) is 0.215. The second-order valence-electron chi connectivity index (χ2n) is 6.74. The molecule has 0 spiro atoms. The van der Waals surface area contributed by atoms with E-state index in [1.165, 1.54) is 0 Å². The number of halogens is 1. The average molecular weight is 388 g/mol. The molecule has 0 aromatic heterocycles. The minimum atomic E-state index is -0.968. The van der Waals surface area contributed by atoms with Gasteiger partial charge in [-0.25, -0.2) is 0 Å². The Labute approximate surface area is 161 Å². The van der Waals surface area contributed by atoms with Crippen LogP contribution in [-0.4, -0.2) is 41.8 Å². The zero-order valence-corrected chi connectivity index (χ0v) is 15.2. The fraction of sp³-hybridized carbons (Fsp3) is 0.300. The summed E-state index contributed by atoms with van der Waals surface area (Å²) in [7, 11) is 0. The van der Waals surface area contributed by atoms with Gasteiger partial charge in [0, 0.05) is 18.7 Å². The smallest absolute Gasteiger partial charge is 0.314 e. The minimum Gasteiger partial charge on any atom is -0.481 e. The summed E-state index contributed by atoms with van der Waals surface area (Å²) in [4.78, 5) is 26.6. The first-order valence-corrected chi connectivity index (χ1v) is 9.06. The van der Waals surface area contributed by atoms with Gasteiger partial charge in [-0.3, -0.25) is 9.59 Å². The minimum absolute atomic E-state index is 0.0780. The van der Waals surface area contributed by atoms with E-state index in [4.69, 9.17) is 21.1 Å². The molecule has 4 rings (SSSR count). The van der Waals surface area contributed by atoms with Crippen LogP contribution in [0.1, 0.15) is 28.8 Å². The molecular weight excluding hydrogens is 370 g/mol. The molecule has 0 bridgehead atoms. The van der Waals surface area contributed by atoms with E-state index >= 15 is 0 Å². The van der Waals surface area contributed by atoms with Gasteiger partial charge in [-0.05, 0) is 30.5 Å². The van der Waals surface area contributed by atoms with Gasteiger partial charge in [0.2, 0.25) is 6.79 Å². The lowest BCUT2D eigenvalue weighted by atomic mass is 9.73. The van der Waals surface area contributed by atoms with Gasteiger partial charge in [0.15, 0.2) is 11.5 Å². The summed E-state index contributed by atoms with van der Waals surface area (Å²) in [6.07, 6.45) is 0.715. The second kappa shape index (κ2) is 6.78. The molecule has 1 fully saturated rings. The largest absolute Gasteiger partial charge is 0.481 e. The van der Waals surface area contributed by atoms with Crippen molar-refractivity contribution in [2.24, 2.45) is 0 Å². The first-order valence-electron chi connectivity index (χ1n) is 8.68. The fourth-order valence-corrected chi connectivity index (χ4v) is 4.01. The van der Waals surface area contributed by atoms with Crippen molar-refractivity contribution in [2.75, 3.05) is 19.9 Å². The Bertz CT molecular complexity index is 891. The zero-order valence-electron chi connectivity index (χ0n) is 14.5. The summed E-state index contributed by atoms with van der Waals surface area (Å²) in [5.74, 6) is -0.151. The number of carboxylic acid groups (broad SMARTS) is 1. The zero-order chi connectivity index (χ0) is 19.0. The third kappa shape index (κ3) is 3.00. The number of rotatable bonds is 3. The number of carbonyl (C=O) groups excluding carboxylic acids is 1. The van der Waals surface area contributed by atoms with E-state index in [9.17, 15) is 14.7 Å². The molecular formula is C20H18ClNO5. The number of ether oxygens (including phenoxy) is 2. The number of hydrogen-bond donors (Lipinski definition) is 1. The van der Waals surface area contributed by atoms with Crippen LogP contribution in [0.2, 0.25) is 5.02 Å². The number of likely N-dealkylation sites (tertiary alicyclic amines) is 1. The third-order valence-corrected chi connectivity index (χ3v) is 5.59. The van der Waals surface area contributed by atoms with Gasteiger partial charge < -0.3 is 19.5 Å². The molecule has 7 heteroatoms. The number of carbonyl (C=O) groups is 2. The molecule has 6 nitrogen and oxygen atoms in total. The normalized spacial score (nSPS) is 17.6. The second-order valence-corrected chi connectivity index (χ2v) is 7.14. The molecule has 0 radical (unpaired) electrons. The Kier molecular flexibility index (Phi) is 4.44. The number of hydrogen-bond acceptors (Lipinski definition) is 4. The van der Waals surface area contributed by atoms with E-state index in [0.717, 1.165) is 5.56 Å². The molecule has 0 aliphatic carbocycles. The average Bonchev–Trinajstić information content (AvgIpc) is 3.17. The molecule has 2 aliphatic rings. The highest BCUT2D eigenvalue weighted by molar-refractivity contribution is 6.32. The maximum Gasteiger partial charge on any atom is 0.314 e. The molecule has 1 saturated heterocycles. The van der Waals surface area contributed by atoms with Crippen molar-refractivity contribution in [3.05, 3.63) is 58.6 Å². The van der Waals surface area contributed by atoms with Crippen molar-refractivity contribution in [1.29, 1.82) is 0 Å². The Morgan fingerprint density at radius 2 is 1.78 bits per heavy atom. The summed E-state index contributed by atoms with van der Waals surface area (Å²) >= 11 is 6.17. The quantitative estimate of drug-likeness (QED) is 0.874. The van der Waals surface area contributed by atoms with E-state index in [2.05, 4.69) is 0 Å². The first-order chi connectivity index (χ1) is 13.0. The van der Waals surface area contributed by atoms with Crippen LogP contribution >= 0.6 is 11.6 Å². The Morgan fingerprint density at radius 1 is 1.07 bits per heavy atom. The first kappa shape index (κ1) is 17.7. The molecule has 0 saturated carbocycles. The van der Waals surface area contributed by atoms with E-state index in [1.54, 1.807) is 17.0 Å². The molecule has 27 heavy (non-hydrogen) atoms. The highest BCUT2D eigenvalue weighted by Gasteiger charge is 2.44. The predicted octanol–water partition coefficient (Wildman–Crippen LogP) is 3.33. The number of benzene rings is 2. The highest BCUT2D eigenvalue weighted by atomic mass is 35.5. The van der Waals surface area contributed by atoms with E-state index in [-0.39, 0.29) is 12.7 Å². The van der Waals surface area contributed by atoms with Gasteiger partial charge in [0.1, 0.15) is 0 Å². The van der Waals surface area contributed by atoms with Crippen LogP contribution in [0.5, 0.6) is 11.5 Å². The molecule has 2 heterocycles. The number of fused-ring (bicyclic) bond motifs is 1. The van der Waals surface area contributed by atoms with Crippen LogP contribution in [0.25, 0.3) is 0 Å². The number of amides is 1. The third-order valence-electron chi connectivity index (χ3n) is 5.31. The Morgan fingerprint density at radius 3 is 2.44 bits per heavy atom. The van der Waals surface area contributed by atoms with Crippen molar-refractivity contribution < 1.29 is 24.2 Å². The van der Waals surface area contributed by atoms with Gasteiger partial charge >= 0.3 is 5.97 Å². The van der Waals surface area contributed by atoms with Gasteiger partial charge in [-0.2, -0.15) is 0 Å². The van der Waals surface area contributed by atoms with Crippen LogP contribution in [0.3, 0.4) is 0 Å². The van der Waals surface area contributed by atoms with Crippen molar-refractivity contribution in [1.82, 2.24) is 4.90 Å². The number of nitrogens with zero attached hydrogens (tertiary/aromatic N) is 1. The van der Waals surface area contributed by atoms with Gasteiger partial charge in [-0.1, -0.05) is 41.9 Å². The van der Waals surface area contributed by atoms with Crippen LogP contribution in [-0.2, 0) is 10.2 Å². The molecule has 1 N–H and O–H groups in total. The standard InChI is InChI=1S/C20H18ClNO5/c21-15-10-13(11-16-17(15)27-12-26-16)18(23)22-8-6-20(7-9-22,19(24)25)14-4-2-1-3-5-14/h1-5,10-11H,6-9,12H2,(H,24,25). The predicted molar refractivity (Wildman–Crippen MR) is 98.5 cm³/mol. The number of piperidine rings is 1. The molecule has 0 atom stereocenters. The van der Waals surface area contributed by atoms with Crippen molar-refractivity contribution in [3.63, 3.8) is 0 Å². The Balaban J connectivity index is 1.54. The summed E-state index contributed by atoms with van der Waals surface area (Å²) in [5, 5.41) is 10.2. The molecule has 0 unspecified atom stereocenters. The lowest BCUT2D eigenvalue weighted by Gasteiger charge is -2.39. The maximum atomic E-state index is 12.9. The number of aliphatic carboxylic acids is 1. The van der Waals surface area contributed by atoms with Crippen molar-refractivity contribution >= 4 is 23.5 Å².